The molecule has 8 heteroatoms. The number of nitrogens with zero attached hydrogens (tertiary/aromatic N) is 4. The minimum absolute atomic E-state index is 0.0794. The Hall–Kier alpha value is -0.960. The maximum absolute atomic E-state index is 12.7. The van der Waals surface area contributed by atoms with Crippen molar-refractivity contribution in [2.75, 3.05) is 59.4 Å². The van der Waals surface area contributed by atoms with E-state index in [0.29, 0.717) is 39.3 Å². The molecule has 136 valence electrons. The molecule has 0 saturated carbocycles. The number of hydrogen-bond acceptors (Lipinski definition) is 4. The number of carbonyl (C=O) groups is 1. The van der Waals surface area contributed by atoms with Crippen LogP contribution >= 0.6 is 0 Å². The van der Waals surface area contributed by atoms with Crippen molar-refractivity contribution in [1.29, 1.82) is 0 Å². The molecule has 0 aromatic rings. The average Bonchev–Trinajstić information content (AvgIpc) is 2.62. The number of likely N-dealkylation sites (N-methyl/N-ethyl adjacent to an activating group) is 1. The Bertz CT molecular complexity index is 576. The van der Waals surface area contributed by atoms with Gasteiger partial charge in [-0.15, -0.1) is 0 Å². The SMILES string of the molecule is CN1CCN(S(=O)(=O)N2CCN(C(=O)C3CC=CCC3)CC2)CC1. The van der Waals surface area contributed by atoms with E-state index in [1.54, 1.807) is 8.61 Å². The third-order valence-electron chi connectivity index (χ3n) is 5.28. The van der Waals surface area contributed by atoms with Gasteiger partial charge in [-0.3, -0.25) is 4.79 Å². The molecule has 7 nitrogen and oxygen atoms in total. The predicted molar refractivity (Wildman–Crippen MR) is 92.6 cm³/mol. The Morgan fingerprint density at radius 3 is 2.04 bits per heavy atom. The fourth-order valence-electron chi connectivity index (χ4n) is 3.60. The van der Waals surface area contributed by atoms with Gasteiger partial charge in [-0.1, -0.05) is 12.2 Å². The lowest BCUT2D eigenvalue weighted by Crippen LogP contribution is -2.57. The molecule has 0 N–H and O–H groups in total. The van der Waals surface area contributed by atoms with Gasteiger partial charge in [0.25, 0.3) is 10.2 Å². The molecule has 2 fully saturated rings. The smallest absolute Gasteiger partial charge is 0.282 e. The van der Waals surface area contributed by atoms with E-state index in [4.69, 9.17) is 0 Å². The van der Waals surface area contributed by atoms with Gasteiger partial charge < -0.3 is 9.80 Å². The first-order chi connectivity index (χ1) is 11.5. The second-order valence-corrected chi connectivity index (χ2v) is 8.84. The zero-order valence-corrected chi connectivity index (χ0v) is 15.2. The van der Waals surface area contributed by atoms with E-state index in [1.807, 2.05) is 11.9 Å². The summed E-state index contributed by atoms with van der Waals surface area (Å²) >= 11 is 0. The Kier molecular flexibility index (Phi) is 5.59. The summed E-state index contributed by atoms with van der Waals surface area (Å²) in [5, 5.41) is 0. The lowest BCUT2D eigenvalue weighted by Gasteiger charge is -2.39. The quantitative estimate of drug-likeness (QED) is 0.667. The monoisotopic (exact) mass is 356 g/mol. The van der Waals surface area contributed by atoms with Crippen LogP contribution in [-0.2, 0) is 15.0 Å². The first-order valence-electron chi connectivity index (χ1n) is 8.86. The van der Waals surface area contributed by atoms with Crippen LogP contribution in [-0.4, -0.2) is 92.1 Å². The minimum Gasteiger partial charge on any atom is -0.340 e. The van der Waals surface area contributed by atoms with Crippen LogP contribution in [0.15, 0.2) is 12.2 Å². The molecule has 0 bridgehead atoms. The molecule has 1 amide bonds. The van der Waals surface area contributed by atoms with Gasteiger partial charge >= 0.3 is 0 Å². The summed E-state index contributed by atoms with van der Waals surface area (Å²) in [6, 6.07) is 0. The van der Waals surface area contributed by atoms with Crippen molar-refractivity contribution in [2.45, 2.75) is 19.3 Å². The van der Waals surface area contributed by atoms with Gasteiger partial charge in [-0.25, -0.2) is 0 Å². The molecule has 0 aromatic heterocycles. The largest absolute Gasteiger partial charge is 0.340 e. The highest BCUT2D eigenvalue weighted by Crippen LogP contribution is 2.22. The van der Waals surface area contributed by atoms with Crippen LogP contribution in [0.4, 0.5) is 0 Å². The highest BCUT2D eigenvalue weighted by Gasteiger charge is 2.35. The lowest BCUT2D eigenvalue weighted by atomic mass is 9.93. The normalized spacial score (nSPS) is 28.2. The molecule has 2 saturated heterocycles. The Morgan fingerprint density at radius 1 is 0.917 bits per heavy atom. The van der Waals surface area contributed by atoms with Crippen LogP contribution < -0.4 is 0 Å². The summed E-state index contributed by atoms with van der Waals surface area (Å²) in [6.07, 6.45) is 6.91. The first-order valence-corrected chi connectivity index (χ1v) is 10.3. The molecule has 3 rings (SSSR count). The summed E-state index contributed by atoms with van der Waals surface area (Å²) in [6.45, 7) is 4.46. The van der Waals surface area contributed by atoms with Crippen LogP contribution in [0.25, 0.3) is 0 Å². The second kappa shape index (κ2) is 7.51. The summed E-state index contributed by atoms with van der Waals surface area (Å²) in [7, 11) is -1.38. The van der Waals surface area contributed by atoms with Crippen molar-refractivity contribution >= 4 is 16.1 Å². The fourth-order valence-corrected chi connectivity index (χ4v) is 5.17. The number of hydrogen-bond donors (Lipinski definition) is 0. The van der Waals surface area contributed by atoms with Gasteiger partial charge in [-0.05, 0) is 26.3 Å². The van der Waals surface area contributed by atoms with Crippen molar-refractivity contribution in [2.24, 2.45) is 5.92 Å². The number of rotatable bonds is 3. The van der Waals surface area contributed by atoms with Crippen LogP contribution in [0.2, 0.25) is 0 Å². The topological polar surface area (TPSA) is 64.2 Å². The zero-order chi connectivity index (χ0) is 17.2. The highest BCUT2D eigenvalue weighted by molar-refractivity contribution is 7.86. The maximum Gasteiger partial charge on any atom is 0.282 e. The Morgan fingerprint density at radius 2 is 1.50 bits per heavy atom. The Labute approximate surface area is 145 Å². The summed E-state index contributed by atoms with van der Waals surface area (Å²) in [5.41, 5.74) is 0. The van der Waals surface area contributed by atoms with Crippen molar-refractivity contribution in [3.8, 4) is 0 Å². The average molecular weight is 356 g/mol. The van der Waals surface area contributed by atoms with Gasteiger partial charge in [0, 0.05) is 58.3 Å². The lowest BCUT2D eigenvalue weighted by molar-refractivity contribution is -0.137. The number of carbonyl (C=O) groups excluding carboxylic acids is 1. The molecular weight excluding hydrogens is 328 g/mol. The van der Waals surface area contributed by atoms with Crippen molar-refractivity contribution in [1.82, 2.24) is 18.4 Å². The molecule has 24 heavy (non-hydrogen) atoms. The van der Waals surface area contributed by atoms with E-state index in [9.17, 15) is 13.2 Å². The van der Waals surface area contributed by atoms with E-state index in [-0.39, 0.29) is 11.8 Å². The molecule has 1 atom stereocenters. The van der Waals surface area contributed by atoms with E-state index in [0.717, 1.165) is 32.4 Å². The minimum atomic E-state index is -3.39. The molecule has 3 aliphatic rings. The third-order valence-corrected chi connectivity index (χ3v) is 7.32. The number of amides is 1. The molecule has 0 radical (unpaired) electrons. The predicted octanol–water partition coefficient (Wildman–Crippen LogP) is -0.0209. The molecule has 1 unspecified atom stereocenters. The highest BCUT2D eigenvalue weighted by atomic mass is 32.2. The van der Waals surface area contributed by atoms with Gasteiger partial charge in [0.05, 0.1) is 0 Å². The van der Waals surface area contributed by atoms with Gasteiger partial charge in [-0.2, -0.15) is 17.0 Å². The first kappa shape index (κ1) is 17.8. The molecule has 2 aliphatic heterocycles. The molecule has 0 spiro atoms. The second-order valence-electron chi connectivity index (χ2n) is 6.92. The van der Waals surface area contributed by atoms with Crippen LogP contribution in [0.3, 0.4) is 0 Å². The van der Waals surface area contributed by atoms with Crippen LogP contribution in [0.5, 0.6) is 0 Å². The van der Waals surface area contributed by atoms with Crippen molar-refractivity contribution in [3.63, 3.8) is 0 Å². The van der Waals surface area contributed by atoms with Crippen molar-refractivity contribution in [3.05, 3.63) is 12.2 Å². The van der Waals surface area contributed by atoms with Crippen LogP contribution in [0, 0.1) is 5.92 Å². The zero-order valence-electron chi connectivity index (χ0n) is 14.4. The molecule has 0 aromatic carbocycles. The summed E-state index contributed by atoms with van der Waals surface area (Å²) in [5.74, 6) is 0.270. The van der Waals surface area contributed by atoms with Crippen LogP contribution in [0.1, 0.15) is 19.3 Å². The number of allylic oxidation sites excluding steroid dienone is 2. The van der Waals surface area contributed by atoms with E-state index < -0.39 is 10.2 Å². The van der Waals surface area contributed by atoms with Crippen molar-refractivity contribution < 1.29 is 13.2 Å². The summed E-state index contributed by atoms with van der Waals surface area (Å²) in [4.78, 5) is 16.5. The molecular formula is C16H28N4O3S. The van der Waals surface area contributed by atoms with Gasteiger partial charge in [0.15, 0.2) is 0 Å². The maximum atomic E-state index is 12.7. The molecule has 2 heterocycles. The van der Waals surface area contributed by atoms with E-state index >= 15 is 0 Å². The van der Waals surface area contributed by atoms with Gasteiger partial charge in [0.2, 0.25) is 5.91 Å². The van der Waals surface area contributed by atoms with Gasteiger partial charge in [0.1, 0.15) is 0 Å². The Balaban J connectivity index is 1.54. The molecule has 1 aliphatic carbocycles. The third kappa shape index (κ3) is 3.82. The van der Waals surface area contributed by atoms with E-state index in [2.05, 4.69) is 17.1 Å². The summed E-state index contributed by atoms with van der Waals surface area (Å²) < 4.78 is 28.6. The fraction of sp³-hybridized carbons (Fsp3) is 0.812. The standard InChI is InChI=1S/C16H28N4O3S/c1-17-7-11-19(12-8-17)24(22,23)20-13-9-18(10-14-20)16(21)15-5-3-2-4-6-15/h2-3,15H,4-14H2,1H3. The van der Waals surface area contributed by atoms with E-state index in [1.165, 1.54) is 0 Å². The number of piperazine rings is 2.